The number of rotatable bonds is 4. The molecular formula is C7H11ClN2S2. The molecule has 0 saturated carbocycles. The molecule has 0 aromatic carbocycles. The second-order valence-corrected chi connectivity index (χ2v) is 5.56. The quantitative estimate of drug-likeness (QED) is 0.850. The Hall–Kier alpha value is 0.230. The Kier molecular flexibility index (Phi) is 4.35. The highest BCUT2D eigenvalue weighted by Crippen LogP contribution is 2.24. The topological polar surface area (TPSA) is 38.9 Å². The minimum absolute atomic E-state index is 0.505. The molecule has 1 aromatic heterocycles. The molecule has 0 radical (unpaired) electrons. The highest BCUT2D eigenvalue weighted by Gasteiger charge is 2.03. The lowest BCUT2D eigenvalue weighted by Gasteiger charge is -2.05. The van der Waals surface area contributed by atoms with Crippen molar-refractivity contribution in [2.24, 2.45) is 5.73 Å². The third-order valence-electron chi connectivity index (χ3n) is 1.37. The summed E-state index contributed by atoms with van der Waals surface area (Å²) in [7, 11) is 0. The van der Waals surface area contributed by atoms with E-state index >= 15 is 0 Å². The number of thiazole rings is 1. The summed E-state index contributed by atoms with van der Waals surface area (Å²) in [5.41, 5.74) is 5.48. The fraction of sp³-hybridized carbons (Fsp3) is 0.571. The first-order valence-electron chi connectivity index (χ1n) is 3.64. The lowest BCUT2D eigenvalue weighted by molar-refractivity contribution is 0.951. The van der Waals surface area contributed by atoms with E-state index < -0.39 is 0 Å². The average Bonchev–Trinajstić information content (AvgIpc) is 2.47. The van der Waals surface area contributed by atoms with E-state index in [2.05, 4.69) is 11.9 Å². The maximum atomic E-state index is 5.68. The van der Waals surface area contributed by atoms with Crippen LogP contribution in [-0.4, -0.2) is 16.8 Å². The molecule has 5 heteroatoms. The summed E-state index contributed by atoms with van der Waals surface area (Å²) in [4.78, 5) is 5.17. The predicted molar refractivity (Wildman–Crippen MR) is 56.9 cm³/mol. The Morgan fingerprint density at radius 2 is 2.58 bits per heavy atom. The van der Waals surface area contributed by atoms with Crippen molar-refractivity contribution in [2.75, 3.05) is 6.54 Å². The van der Waals surface area contributed by atoms with E-state index in [1.165, 1.54) is 16.2 Å². The molecule has 0 fully saturated rings. The molecule has 1 aromatic rings. The van der Waals surface area contributed by atoms with Crippen LogP contribution < -0.4 is 5.73 Å². The number of halogens is 1. The normalized spacial score (nSPS) is 13.2. The van der Waals surface area contributed by atoms with Gasteiger partial charge in [0.2, 0.25) is 0 Å². The average molecular weight is 223 g/mol. The molecule has 1 rings (SSSR count). The van der Waals surface area contributed by atoms with Gasteiger partial charge in [0.15, 0.2) is 4.47 Å². The number of nitrogens with zero attached hydrogens (tertiary/aromatic N) is 1. The van der Waals surface area contributed by atoms with E-state index in [1.807, 2.05) is 18.0 Å². The van der Waals surface area contributed by atoms with Crippen LogP contribution in [0.25, 0.3) is 0 Å². The van der Waals surface area contributed by atoms with Crippen LogP contribution in [-0.2, 0) is 5.75 Å². The van der Waals surface area contributed by atoms with Gasteiger partial charge >= 0.3 is 0 Å². The van der Waals surface area contributed by atoms with Gasteiger partial charge in [0.05, 0.1) is 0 Å². The monoisotopic (exact) mass is 222 g/mol. The summed E-state index contributed by atoms with van der Waals surface area (Å²) < 4.78 is 0.617. The zero-order valence-electron chi connectivity index (χ0n) is 6.79. The summed E-state index contributed by atoms with van der Waals surface area (Å²) in [6.45, 7) is 2.84. The molecule has 0 aliphatic rings. The van der Waals surface area contributed by atoms with Crippen LogP contribution in [0, 0.1) is 0 Å². The van der Waals surface area contributed by atoms with Gasteiger partial charge in [0.25, 0.3) is 0 Å². The molecule has 0 spiro atoms. The van der Waals surface area contributed by atoms with Crippen LogP contribution >= 0.6 is 34.7 Å². The smallest absolute Gasteiger partial charge is 0.183 e. The summed E-state index contributed by atoms with van der Waals surface area (Å²) in [5.74, 6) is 0.961. The Morgan fingerprint density at radius 1 is 1.83 bits per heavy atom. The van der Waals surface area contributed by atoms with E-state index in [0.29, 0.717) is 9.72 Å². The molecule has 2 nitrogen and oxygen atoms in total. The molecule has 1 atom stereocenters. The van der Waals surface area contributed by atoms with Crippen molar-refractivity contribution in [1.29, 1.82) is 0 Å². The van der Waals surface area contributed by atoms with Crippen LogP contribution in [0.5, 0.6) is 0 Å². The van der Waals surface area contributed by atoms with E-state index in [4.69, 9.17) is 17.3 Å². The van der Waals surface area contributed by atoms with E-state index in [-0.39, 0.29) is 0 Å². The van der Waals surface area contributed by atoms with E-state index in [0.717, 1.165) is 12.3 Å². The molecule has 0 aliphatic carbocycles. The van der Waals surface area contributed by atoms with Gasteiger partial charge in [0, 0.05) is 28.6 Å². The van der Waals surface area contributed by atoms with Crippen LogP contribution in [0.15, 0.2) is 6.20 Å². The second kappa shape index (κ2) is 5.07. The molecule has 1 heterocycles. The van der Waals surface area contributed by atoms with Gasteiger partial charge in [-0.25, -0.2) is 4.98 Å². The number of hydrogen-bond donors (Lipinski definition) is 1. The highest BCUT2D eigenvalue weighted by atomic mass is 35.5. The Morgan fingerprint density at radius 3 is 3.08 bits per heavy atom. The highest BCUT2D eigenvalue weighted by molar-refractivity contribution is 7.99. The minimum Gasteiger partial charge on any atom is -0.329 e. The molecule has 0 bridgehead atoms. The van der Waals surface area contributed by atoms with Gasteiger partial charge in [-0.1, -0.05) is 18.5 Å². The SMILES string of the molecule is CC(CN)SCc1cnc(Cl)s1. The number of aromatic nitrogens is 1. The third kappa shape index (κ3) is 3.31. The maximum Gasteiger partial charge on any atom is 0.183 e. The van der Waals surface area contributed by atoms with E-state index in [9.17, 15) is 0 Å². The van der Waals surface area contributed by atoms with Gasteiger partial charge in [-0.15, -0.1) is 11.3 Å². The molecular weight excluding hydrogens is 212 g/mol. The summed E-state index contributed by atoms with van der Waals surface area (Å²) in [6.07, 6.45) is 1.82. The molecule has 0 amide bonds. The van der Waals surface area contributed by atoms with Crippen LogP contribution in [0.4, 0.5) is 0 Å². The van der Waals surface area contributed by atoms with Crippen molar-refractivity contribution in [3.05, 3.63) is 15.5 Å². The standard InChI is InChI=1S/C7H11ClN2S2/c1-5(2-9)11-4-6-3-10-7(8)12-6/h3,5H,2,4,9H2,1H3. The minimum atomic E-state index is 0.505. The van der Waals surface area contributed by atoms with Gasteiger partial charge in [-0.2, -0.15) is 11.8 Å². The Balaban J connectivity index is 2.33. The zero-order valence-corrected chi connectivity index (χ0v) is 9.18. The molecule has 12 heavy (non-hydrogen) atoms. The van der Waals surface area contributed by atoms with Crippen LogP contribution in [0.1, 0.15) is 11.8 Å². The van der Waals surface area contributed by atoms with Crippen LogP contribution in [0.2, 0.25) is 4.47 Å². The fourth-order valence-electron chi connectivity index (χ4n) is 0.643. The molecule has 68 valence electrons. The third-order valence-corrected chi connectivity index (χ3v) is 3.90. The number of hydrogen-bond acceptors (Lipinski definition) is 4. The second-order valence-electron chi connectivity index (χ2n) is 2.44. The van der Waals surface area contributed by atoms with E-state index in [1.54, 1.807) is 0 Å². The summed E-state index contributed by atoms with van der Waals surface area (Å²) in [6, 6.07) is 0. The number of nitrogens with two attached hydrogens (primary N) is 1. The molecule has 0 saturated heterocycles. The summed E-state index contributed by atoms with van der Waals surface area (Å²) in [5, 5.41) is 0.505. The first-order valence-corrected chi connectivity index (χ1v) is 5.88. The van der Waals surface area contributed by atoms with Gasteiger partial charge in [0.1, 0.15) is 0 Å². The molecule has 2 N–H and O–H groups in total. The van der Waals surface area contributed by atoms with Crippen molar-refractivity contribution in [1.82, 2.24) is 4.98 Å². The van der Waals surface area contributed by atoms with Gasteiger partial charge in [-0.3, -0.25) is 0 Å². The fourth-order valence-corrected chi connectivity index (χ4v) is 2.52. The lowest BCUT2D eigenvalue weighted by atomic mass is 10.5. The van der Waals surface area contributed by atoms with Crippen molar-refractivity contribution in [3.8, 4) is 0 Å². The summed E-state index contributed by atoms with van der Waals surface area (Å²) >= 11 is 9.05. The van der Waals surface area contributed by atoms with Crippen LogP contribution in [0.3, 0.4) is 0 Å². The Labute approximate surface area is 85.5 Å². The Bertz CT molecular complexity index is 239. The predicted octanol–water partition coefficient (Wildman–Crippen LogP) is 2.38. The molecule has 1 unspecified atom stereocenters. The number of thioether (sulfide) groups is 1. The first-order chi connectivity index (χ1) is 5.72. The van der Waals surface area contributed by atoms with Crippen molar-refractivity contribution >= 4 is 34.7 Å². The van der Waals surface area contributed by atoms with Crippen molar-refractivity contribution < 1.29 is 0 Å². The van der Waals surface area contributed by atoms with Gasteiger partial charge < -0.3 is 5.73 Å². The first kappa shape index (κ1) is 10.3. The van der Waals surface area contributed by atoms with Gasteiger partial charge in [-0.05, 0) is 0 Å². The maximum absolute atomic E-state index is 5.68. The van der Waals surface area contributed by atoms with Crippen molar-refractivity contribution in [2.45, 2.75) is 17.9 Å². The van der Waals surface area contributed by atoms with Crippen molar-refractivity contribution in [3.63, 3.8) is 0 Å². The lowest BCUT2D eigenvalue weighted by Crippen LogP contribution is -2.12. The zero-order chi connectivity index (χ0) is 8.97. The largest absolute Gasteiger partial charge is 0.329 e. The molecule has 0 aliphatic heterocycles.